The number of hydrogen-bond donors (Lipinski definition) is 1. The van der Waals surface area contributed by atoms with E-state index in [0.29, 0.717) is 6.29 Å². The minimum atomic E-state index is -1.19. The predicted molar refractivity (Wildman–Crippen MR) is 29.9 cm³/mol. The summed E-state index contributed by atoms with van der Waals surface area (Å²) in [7, 11) is 2.70. The van der Waals surface area contributed by atoms with Gasteiger partial charge in [0, 0.05) is 14.2 Å². The van der Waals surface area contributed by atoms with E-state index in [1.165, 1.54) is 14.2 Å². The average molecular weight is 134 g/mol. The van der Waals surface area contributed by atoms with Gasteiger partial charge in [-0.3, -0.25) is 0 Å². The molecule has 0 spiro atoms. The highest BCUT2D eigenvalue weighted by atomic mass is 16.7. The summed E-state index contributed by atoms with van der Waals surface area (Å²) in [6.45, 7) is 0. The fourth-order valence-electron chi connectivity index (χ4n) is 0.439. The predicted octanol–water partition coefficient (Wildman–Crippen LogP) is -0.835. The van der Waals surface area contributed by atoms with Crippen molar-refractivity contribution < 1.29 is 19.4 Å². The molecule has 1 unspecified atom stereocenters. The summed E-state index contributed by atoms with van der Waals surface area (Å²) >= 11 is 0. The molecule has 0 rings (SSSR count). The largest absolute Gasteiger partial charge is 0.380 e. The van der Waals surface area contributed by atoms with E-state index < -0.39 is 12.4 Å². The average Bonchev–Trinajstić information content (AvgIpc) is 1.90. The Morgan fingerprint density at radius 1 is 1.44 bits per heavy atom. The second-order valence-corrected chi connectivity index (χ2v) is 1.47. The smallest absolute Gasteiger partial charge is 0.189 e. The quantitative estimate of drug-likeness (QED) is 0.402. The zero-order chi connectivity index (χ0) is 7.28. The lowest BCUT2D eigenvalue weighted by Crippen LogP contribution is -2.30. The van der Waals surface area contributed by atoms with Crippen molar-refractivity contribution in [3.63, 3.8) is 0 Å². The van der Waals surface area contributed by atoms with E-state index in [1.54, 1.807) is 0 Å². The van der Waals surface area contributed by atoms with Crippen LogP contribution in [0.15, 0.2) is 0 Å². The Labute approximate surface area is 53.4 Å². The van der Waals surface area contributed by atoms with Crippen molar-refractivity contribution in [1.82, 2.24) is 0 Å². The first kappa shape index (κ1) is 8.55. The third-order valence-corrected chi connectivity index (χ3v) is 0.883. The van der Waals surface area contributed by atoms with Crippen LogP contribution in [0.1, 0.15) is 0 Å². The zero-order valence-electron chi connectivity index (χ0n) is 5.40. The number of aliphatic hydroxyl groups excluding tert-OH is 1. The molecule has 0 saturated heterocycles. The van der Waals surface area contributed by atoms with Crippen LogP contribution in [-0.4, -0.2) is 38.0 Å². The number of hydrogen-bond acceptors (Lipinski definition) is 4. The van der Waals surface area contributed by atoms with Gasteiger partial charge in [0.05, 0.1) is 0 Å². The molecular weight excluding hydrogens is 124 g/mol. The van der Waals surface area contributed by atoms with Crippen LogP contribution in [0, 0.1) is 0 Å². The Bertz CT molecular complexity index is 79.0. The molecule has 0 aliphatic heterocycles. The molecule has 1 N–H and O–H groups in total. The van der Waals surface area contributed by atoms with Gasteiger partial charge in [0.2, 0.25) is 0 Å². The number of aliphatic hydroxyl groups is 1. The van der Waals surface area contributed by atoms with E-state index in [4.69, 9.17) is 5.11 Å². The number of rotatable bonds is 4. The Morgan fingerprint density at radius 2 is 1.89 bits per heavy atom. The van der Waals surface area contributed by atoms with Gasteiger partial charge in [-0.05, 0) is 0 Å². The summed E-state index contributed by atoms with van der Waals surface area (Å²) < 4.78 is 9.10. The molecule has 4 heteroatoms. The maximum atomic E-state index is 9.85. The third kappa shape index (κ3) is 2.55. The molecule has 0 amide bonds. The molecule has 0 aromatic heterocycles. The summed E-state index contributed by atoms with van der Waals surface area (Å²) in [5.41, 5.74) is 0. The molecule has 0 saturated carbocycles. The van der Waals surface area contributed by atoms with Crippen LogP contribution in [0.5, 0.6) is 0 Å². The molecule has 54 valence electrons. The van der Waals surface area contributed by atoms with Crippen molar-refractivity contribution in [2.75, 3.05) is 14.2 Å². The van der Waals surface area contributed by atoms with Gasteiger partial charge in [0.1, 0.15) is 0 Å². The molecule has 0 radical (unpaired) electrons. The normalized spacial score (nSPS) is 13.8. The van der Waals surface area contributed by atoms with Gasteiger partial charge < -0.3 is 19.4 Å². The van der Waals surface area contributed by atoms with Gasteiger partial charge in [-0.25, -0.2) is 0 Å². The van der Waals surface area contributed by atoms with Crippen LogP contribution in [0.4, 0.5) is 0 Å². The van der Waals surface area contributed by atoms with Crippen LogP contribution in [-0.2, 0) is 14.3 Å². The Morgan fingerprint density at radius 3 is 2.00 bits per heavy atom. The summed E-state index contributed by atoms with van der Waals surface area (Å²) in [5.74, 6) is 0. The van der Waals surface area contributed by atoms with Crippen LogP contribution in [0.2, 0.25) is 0 Å². The zero-order valence-corrected chi connectivity index (χ0v) is 5.40. The van der Waals surface area contributed by atoms with Crippen LogP contribution in [0.3, 0.4) is 0 Å². The summed E-state index contributed by atoms with van der Waals surface area (Å²) in [6, 6.07) is 0. The van der Waals surface area contributed by atoms with Gasteiger partial charge in [-0.1, -0.05) is 0 Å². The number of methoxy groups -OCH3 is 2. The van der Waals surface area contributed by atoms with Crippen molar-refractivity contribution in [1.29, 1.82) is 0 Å². The third-order valence-electron chi connectivity index (χ3n) is 0.883. The monoisotopic (exact) mass is 134 g/mol. The number of ether oxygens (including phenoxy) is 2. The summed E-state index contributed by atoms with van der Waals surface area (Å²) in [6.07, 6.45) is -1.68. The molecular formula is C5H10O4. The molecule has 0 aliphatic carbocycles. The van der Waals surface area contributed by atoms with Gasteiger partial charge in [-0.2, -0.15) is 0 Å². The number of aldehydes is 1. The van der Waals surface area contributed by atoms with Gasteiger partial charge in [0.15, 0.2) is 18.7 Å². The second kappa shape index (κ2) is 4.43. The first-order valence-corrected chi connectivity index (χ1v) is 2.45. The van der Waals surface area contributed by atoms with E-state index in [1.807, 2.05) is 0 Å². The van der Waals surface area contributed by atoms with Gasteiger partial charge in [0.25, 0.3) is 0 Å². The molecule has 0 heterocycles. The SMILES string of the molecule is COC(OC)C(O)C=O. The highest BCUT2D eigenvalue weighted by molar-refractivity contribution is 5.56. The van der Waals surface area contributed by atoms with Crippen molar-refractivity contribution in [2.24, 2.45) is 0 Å². The maximum Gasteiger partial charge on any atom is 0.189 e. The minimum Gasteiger partial charge on any atom is -0.380 e. The lowest BCUT2D eigenvalue weighted by atomic mass is 10.4. The van der Waals surface area contributed by atoms with E-state index in [0.717, 1.165) is 0 Å². The van der Waals surface area contributed by atoms with Crippen molar-refractivity contribution in [3.8, 4) is 0 Å². The van der Waals surface area contributed by atoms with E-state index in [9.17, 15) is 4.79 Å². The highest BCUT2D eigenvalue weighted by Gasteiger charge is 2.15. The molecule has 1 atom stereocenters. The maximum absolute atomic E-state index is 9.85. The van der Waals surface area contributed by atoms with Crippen molar-refractivity contribution >= 4 is 6.29 Å². The van der Waals surface area contributed by atoms with E-state index in [2.05, 4.69) is 9.47 Å². The Balaban J connectivity index is 3.63. The molecule has 0 bridgehead atoms. The van der Waals surface area contributed by atoms with Gasteiger partial charge >= 0.3 is 0 Å². The summed E-state index contributed by atoms with van der Waals surface area (Å²) in [5, 5.41) is 8.70. The molecule has 9 heavy (non-hydrogen) atoms. The van der Waals surface area contributed by atoms with Crippen molar-refractivity contribution in [3.05, 3.63) is 0 Å². The summed E-state index contributed by atoms with van der Waals surface area (Å²) in [4.78, 5) is 9.85. The molecule has 0 aliphatic rings. The molecule has 0 aromatic carbocycles. The highest BCUT2D eigenvalue weighted by Crippen LogP contribution is 1.94. The van der Waals surface area contributed by atoms with E-state index >= 15 is 0 Å². The first-order chi connectivity index (χ1) is 4.26. The lowest BCUT2D eigenvalue weighted by molar-refractivity contribution is -0.166. The Hall–Kier alpha value is -0.450. The van der Waals surface area contributed by atoms with Crippen LogP contribution < -0.4 is 0 Å². The number of carbonyl (C=O) groups is 1. The van der Waals surface area contributed by atoms with Crippen LogP contribution in [0.25, 0.3) is 0 Å². The lowest BCUT2D eigenvalue weighted by Gasteiger charge is -2.13. The standard InChI is InChI=1S/C5H10O4/c1-8-5(9-2)4(7)3-6/h3-5,7H,1-2H3. The number of carbonyl (C=O) groups excluding carboxylic acids is 1. The molecule has 0 fully saturated rings. The minimum absolute atomic E-state index is 0.359. The fourth-order valence-corrected chi connectivity index (χ4v) is 0.439. The van der Waals surface area contributed by atoms with Crippen molar-refractivity contribution in [2.45, 2.75) is 12.4 Å². The molecule has 0 aromatic rings. The fraction of sp³-hybridized carbons (Fsp3) is 0.800. The molecule has 4 nitrogen and oxygen atoms in total. The second-order valence-electron chi connectivity index (χ2n) is 1.47. The van der Waals surface area contributed by atoms with Crippen LogP contribution >= 0.6 is 0 Å². The first-order valence-electron chi connectivity index (χ1n) is 2.45. The Kier molecular flexibility index (Phi) is 4.21. The van der Waals surface area contributed by atoms with E-state index in [-0.39, 0.29) is 0 Å². The van der Waals surface area contributed by atoms with Gasteiger partial charge in [-0.15, -0.1) is 0 Å². The topological polar surface area (TPSA) is 55.8 Å².